The van der Waals surface area contributed by atoms with Crippen molar-refractivity contribution in [1.82, 2.24) is 4.98 Å². The Morgan fingerprint density at radius 3 is 3.07 bits per heavy atom. The summed E-state index contributed by atoms with van der Waals surface area (Å²) in [4.78, 5) is 15.9. The lowest BCUT2D eigenvalue weighted by atomic mass is 10.0. The molecule has 1 aromatic rings. The zero-order chi connectivity index (χ0) is 10.5. The Morgan fingerprint density at radius 2 is 2.40 bits per heavy atom. The Bertz CT molecular complexity index is 370. The molecule has 78 valence electrons. The largest absolute Gasteiger partial charge is 0.501 e. The van der Waals surface area contributed by atoms with Crippen LogP contribution < -0.4 is 0 Å². The number of carbonyl (C=O) groups is 1. The lowest BCUT2D eigenvalue weighted by Gasteiger charge is -2.12. The molecule has 0 aromatic carbocycles. The topological polar surface area (TPSA) is 39.2 Å². The quantitative estimate of drug-likeness (QED) is 0.753. The lowest BCUT2D eigenvalue weighted by molar-refractivity contribution is -0.115. The van der Waals surface area contributed by atoms with Crippen molar-refractivity contribution >= 4 is 5.78 Å². The standard InChI is InChI=1S/C12H13NO2/c14-12(10-4-3-7-15-9-10)8-11-5-1-2-6-13-11/h1-2,5-6,9H,3-4,7-8H2. The van der Waals surface area contributed by atoms with E-state index < -0.39 is 0 Å². The number of carbonyl (C=O) groups excluding carboxylic acids is 1. The monoisotopic (exact) mass is 203 g/mol. The van der Waals surface area contributed by atoms with Crippen LogP contribution in [0.5, 0.6) is 0 Å². The highest BCUT2D eigenvalue weighted by atomic mass is 16.5. The third-order valence-electron chi connectivity index (χ3n) is 2.36. The van der Waals surface area contributed by atoms with E-state index in [-0.39, 0.29) is 5.78 Å². The van der Waals surface area contributed by atoms with Gasteiger partial charge in [-0.05, 0) is 25.0 Å². The van der Waals surface area contributed by atoms with E-state index in [4.69, 9.17) is 4.74 Å². The Balaban J connectivity index is 2.00. The van der Waals surface area contributed by atoms with Gasteiger partial charge < -0.3 is 4.74 Å². The van der Waals surface area contributed by atoms with Crippen molar-refractivity contribution in [2.24, 2.45) is 0 Å². The van der Waals surface area contributed by atoms with Crippen molar-refractivity contribution < 1.29 is 9.53 Å². The van der Waals surface area contributed by atoms with Crippen LogP contribution in [0, 0.1) is 0 Å². The minimum atomic E-state index is 0.119. The van der Waals surface area contributed by atoms with Crippen LogP contribution in [0.25, 0.3) is 0 Å². The first kappa shape index (κ1) is 9.90. The minimum absolute atomic E-state index is 0.119. The highest BCUT2D eigenvalue weighted by Crippen LogP contribution is 2.14. The molecular weight excluding hydrogens is 190 g/mol. The number of allylic oxidation sites excluding steroid dienone is 1. The molecule has 0 unspecified atom stereocenters. The summed E-state index contributed by atoms with van der Waals surface area (Å²) in [5.41, 5.74) is 1.60. The molecule has 1 aliphatic heterocycles. The highest BCUT2D eigenvalue weighted by Gasteiger charge is 2.13. The van der Waals surface area contributed by atoms with Gasteiger partial charge in [-0.25, -0.2) is 0 Å². The molecule has 0 atom stereocenters. The molecule has 3 nitrogen and oxygen atoms in total. The number of rotatable bonds is 3. The molecule has 0 bridgehead atoms. The van der Waals surface area contributed by atoms with Gasteiger partial charge in [-0.1, -0.05) is 6.07 Å². The van der Waals surface area contributed by atoms with Crippen LogP contribution in [0.15, 0.2) is 36.2 Å². The third kappa shape index (κ3) is 2.65. The van der Waals surface area contributed by atoms with Gasteiger partial charge in [-0.3, -0.25) is 9.78 Å². The second kappa shape index (κ2) is 4.73. The Labute approximate surface area is 88.8 Å². The summed E-state index contributed by atoms with van der Waals surface area (Å²) in [5, 5.41) is 0. The van der Waals surface area contributed by atoms with Crippen molar-refractivity contribution in [3.63, 3.8) is 0 Å². The summed E-state index contributed by atoms with van der Waals surface area (Å²) in [6.07, 6.45) is 5.42. The number of ketones is 1. The van der Waals surface area contributed by atoms with E-state index in [1.807, 2.05) is 18.2 Å². The molecule has 3 heteroatoms. The lowest BCUT2D eigenvalue weighted by Crippen LogP contribution is -2.11. The summed E-state index contributed by atoms with van der Waals surface area (Å²) in [6.45, 7) is 0.723. The molecule has 15 heavy (non-hydrogen) atoms. The number of ether oxygens (including phenoxy) is 1. The van der Waals surface area contributed by atoms with Gasteiger partial charge in [0.05, 0.1) is 19.3 Å². The van der Waals surface area contributed by atoms with Gasteiger partial charge in [-0.2, -0.15) is 0 Å². The number of aromatic nitrogens is 1. The van der Waals surface area contributed by atoms with Crippen LogP contribution in [0.2, 0.25) is 0 Å². The van der Waals surface area contributed by atoms with Gasteiger partial charge in [0.2, 0.25) is 0 Å². The Kier molecular flexibility index (Phi) is 3.12. The summed E-state index contributed by atoms with van der Waals surface area (Å²) in [5.74, 6) is 0.119. The summed E-state index contributed by atoms with van der Waals surface area (Å²) >= 11 is 0. The second-order valence-corrected chi connectivity index (χ2v) is 3.54. The molecule has 0 fully saturated rings. The predicted molar refractivity (Wildman–Crippen MR) is 56.2 cm³/mol. The number of hydrogen-bond acceptors (Lipinski definition) is 3. The van der Waals surface area contributed by atoms with E-state index in [0.717, 1.165) is 30.7 Å². The first-order valence-corrected chi connectivity index (χ1v) is 5.10. The fourth-order valence-electron chi connectivity index (χ4n) is 1.55. The van der Waals surface area contributed by atoms with Gasteiger partial charge in [0.15, 0.2) is 5.78 Å². The molecular formula is C12H13NO2. The first-order chi connectivity index (χ1) is 7.36. The smallest absolute Gasteiger partial charge is 0.167 e. The van der Waals surface area contributed by atoms with Gasteiger partial charge >= 0.3 is 0 Å². The molecule has 0 radical (unpaired) electrons. The van der Waals surface area contributed by atoms with Crippen LogP contribution in [-0.2, 0) is 16.0 Å². The molecule has 1 aliphatic rings. The molecule has 0 spiro atoms. The maximum Gasteiger partial charge on any atom is 0.167 e. The Hall–Kier alpha value is -1.64. The molecule has 0 amide bonds. The maximum atomic E-state index is 11.8. The summed E-state index contributed by atoms with van der Waals surface area (Å²) < 4.78 is 5.14. The summed E-state index contributed by atoms with van der Waals surface area (Å²) in [7, 11) is 0. The fraction of sp³-hybridized carbons (Fsp3) is 0.333. The van der Waals surface area contributed by atoms with E-state index in [0.29, 0.717) is 6.42 Å². The molecule has 0 saturated carbocycles. The average Bonchev–Trinajstić information content (AvgIpc) is 2.31. The van der Waals surface area contributed by atoms with Crippen LogP contribution >= 0.6 is 0 Å². The minimum Gasteiger partial charge on any atom is -0.501 e. The van der Waals surface area contributed by atoms with E-state index in [1.165, 1.54) is 0 Å². The van der Waals surface area contributed by atoms with Crippen LogP contribution in [0.4, 0.5) is 0 Å². The Morgan fingerprint density at radius 1 is 1.47 bits per heavy atom. The van der Waals surface area contributed by atoms with Crippen molar-refractivity contribution in [2.75, 3.05) is 6.61 Å². The zero-order valence-electron chi connectivity index (χ0n) is 8.48. The van der Waals surface area contributed by atoms with E-state index in [9.17, 15) is 4.79 Å². The SMILES string of the molecule is O=C(Cc1ccccn1)C1=COCCC1. The highest BCUT2D eigenvalue weighted by molar-refractivity contribution is 5.96. The summed E-state index contributed by atoms with van der Waals surface area (Å²) in [6, 6.07) is 5.60. The van der Waals surface area contributed by atoms with Crippen molar-refractivity contribution in [2.45, 2.75) is 19.3 Å². The molecule has 2 heterocycles. The molecule has 2 rings (SSSR count). The molecule has 0 saturated heterocycles. The van der Waals surface area contributed by atoms with Gasteiger partial charge in [0, 0.05) is 17.5 Å². The number of Topliss-reactive ketones (excluding diaryl/α,β-unsaturated/α-hetero) is 1. The number of hydrogen-bond donors (Lipinski definition) is 0. The van der Waals surface area contributed by atoms with Gasteiger partial charge in [0.25, 0.3) is 0 Å². The van der Waals surface area contributed by atoms with Crippen molar-refractivity contribution in [1.29, 1.82) is 0 Å². The molecule has 0 N–H and O–H groups in total. The third-order valence-corrected chi connectivity index (χ3v) is 2.36. The number of pyridine rings is 1. The second-order valence-electron chi connectivity index (χ2n) is 3.54. The van der Waals surface area contributed by atoms with Gasteiger partial charge in [0.1, 0.15) is 0 Å². The number of nitrogens with zero attached hydrogens (tertiary/aromatic N) is 1. The van der Waals surface area contributed by atoms with Crippen LogP contribution in [-0.4, -0.2) is 17.4 Å². The molecule has 0 aliphatic carbocycles. The normalized spacial score (nSPS) is 15.3. The fourth-order valence-corrected chi connectivity index (χ4v) is 1.55. The van der Waals surface area contributed by atoms with Crippen molar-refractivity contribution in [3.8, 4) is 0 Å². The average molecular weight is 203 g/mol. The maximum absolute atomic E-state index is 11.8. The molecule has 1 aromatic heterocycles. The van der Waals surface area contributed by atoms with Crippen molar-refractivity contribution in [3.05, 3.63) is 41.9 Å². The van der Waals surface area contributed by atoms with E-state index in [2.05, 4.69) is 4.98 Å². The first-order valence-electron chi connectivity index (χ1n) is 5.10. The predicted octanol–water partition coefficient (Wildman–Crippen LogP) is 1.89. The van der Waals surface area contributed by atoms with E-state index >= 15 is 0 Å². The van der Waals surface area contributed by atoms with Gasteiger partial charge in [-0.15, -0.1) is 0 Å². The van der Waals surface area contributed by atoms with Crippen LogP contribution in [0.3, 0.4) is 0 Å². The van der Waals surface area contributed by atoms with E-state index in [1.54, 1.807) is 12.5 Å². The van der Waals surface area contributed by atoms with Crippen LogP contribution in [0.1, 0.15) is 18.5 Å². The zero-order valence-corrected chi connectivity index (χ0v) is 8.48.